The van der Waals surface area contributed by atoms with Crippen LogP contribution in [0.2, 0.25) is 10.0 Å². The van der Waals surface area contributed by atoms with Crippen molar-refractivity contribution in [3.05, 3.63) is 46.0 Å². The van der Waals surface area contributed by atoms with Crippen LogP contribution in [-0.4, -0.2) is 19.9 Å². The Bertz CT molecular complexity index is 522. The molecule has 0 saturated carbocycles. The molecule has 0 bridgehead atoms. The third-order valence-electron chi connectivity index (χ3n) is 2.64. The SMILES string of the molecule is CCn1ncnc1CC(O)c1cc(Cl)cc(Cl)c1. The van der Waals surface area contributed by atoms with Gasteiger partial charge in [0.2, 0.25) is 0 Å². The number of aryl methyl sites for hydroxylation is 1. The summed E-state index contributed by atoms with van der Waals surface area (Å²) >= 11 is 11.8. The van der Waals surface area contributed by atoms with Gasteiger partial charge in [0.05, 0.1) is 6.10 Å². The number of hydrogen-bond acceptors (Lipinski definition) is 3. The average Bonchev–Trinajstić information content (AvgIpc) is 2.75. The van der Waals surface area contributed by atoms with Gasteiger partial charge in [-0.05, 0) is 30.7 Å². The van der Waals surface area contributed by atoms with Crippen LogP contribution >= 0.6 is 23.2 Å². The van der Waals surface area contributed by atoms with Crippen molar-refractivity contribution in [2.75, 3.05) is 0 Å². The van der Waals surface area contributed by atoms with Gasteiger partial charge in [-0.3, -0.25) is 4.68 Å². The molecule has 96 valence electrons. The molecule has 0 aliphatic carbocycles. The van der Waals surface area contributed by atoms with Crippen molar-refractivity contribution >= 4 is 23.2 Å². The summed E-state index contributed by atoms with van der Waals surface area (Å²) in [5, 5.41) is 15.2. The Morgan fingerprint density at radius 1 is 1.28 bits per heavy atom. The third-order valence-corrected chi connectivity index (χ3v) is 3.08. The van der Waals surface area contributed by atoms with Crippen molar-refractivity contribution < 1.29 is 5.11 Å². The first-order valence-electron chi connectivity index (χ1n) is 5.61. The zero-order valence-corrected chi connectivity index (χ0v) is 11.4. The molecule has 0 aliphatic heterocycles. The van der Waals surface area contributed by atoms with Crippen LogP contribution in [0.5, 0.6) is 0 Å². The van der Waals surface area contributed by atoms with Crippen molar-refractivity contribution in [3.8, 4) is 0 Å². The predicted octanol–water partition coefficient (Wildman–Crippen LogP) is 2.88. The Kier molecular flexibility index (Phi) is 4.22. The molecule has 1 unspecified atom stereocenters. The molecule has 4 nitrogen and oxygen atoms in total. The normalized spacial score (nSPS) is 12.7. The summed E-state index contributed by atoms with van der Waals surface area (Å²) in [4.78, 5) is 4.12. The zero-order valence-electron chi connectivity index (χ0n) is 9.85. The van der Waals surface area contributed by atoms with E-state index in [-0.39, 0.29) is 0 Å². The molecule has 1 N–H and O–H groups in total. The van der Waals surface area contributed by atoms with Gasteiger partial charge in [-0.15, -0.1) is 0 Å². The van der Waals surface area contributed by atoms with E-state index >= 15 is 0 Å². The fourth-order valence-corrected chi connectivity index (χ4v) is 2.31. The van der Waals surface area contributed by atoms with E-state index in [0.717, 1.165) is 12.4 Å². The highest BCUT2D eigenvalue weighted by atomic mass is 35.5. The van der Waals surface area contributed by atoms with Gasteiger partial charge in [0.15, 0.2) is 0 Å². The van der Waals surface area contributed by atoms with E-state index in [1.807, 2.05) is 6.92 Å². The second-order valence-corrected chi connectivity index (χ2v) is 4.79. The fraction of sp³-hybridized carbons (Fsp3) is 0.333. The van der Waals surface area contributed by atoms with E-state index in [9.17, 15) is 5.11 Å². The molecule has 2 rings (SSSR count). The molecule has 1 heterocycles. The van der Waals surface area contributed by atoms with Gasteiger partial charge < -0.3 is 5.11 Å². The lowest BCUT2D eigenvalue weighted by atomic mass is 10.1. The van der Waals surface area contributed by atoms with Gasteiger partial charge in [0, 0.05) is 23.0 Å². The quantitative estimate of drug-likeness (QED) is 0.940. The Hall–Kier alpha value is -1.10. The number of hydrogen-bond donors (Lipinski definition) is 1. The number of aromatic nitrogens is 3. The van der Waals surface area contributed by atoms with Gasteiger partial charge in [-0.2, -0.15) is 5.10 Å². The van der Waals surface area contributed by atoms with Gasteiger partial charge >= 0.3 is 0 Å². The van der Waals surface area contributed by atoms with Crippen molar-refractivity contribution in [3.63, 3.8) is 0 Å². The average molecular weight is 286 g/mol. The Morgan fingerprint density at radius 3 is 2.56 bits per heavy atom. The largest absolute Gasteiger partial charge is 0.388 e. The second kappa shape index (κ2) is 5.69. The highest BCUT2D eigenvalue weighted by Crippen LogP contribution is 2.25. The van der Waals surface area contributed by atoms with Crippen LogP contribution in [0.3, 0.4) is 0 Å². The van der Waals surface area contributed by atoms with Crippen LogP contribution in [0, 0.1) is 0 Å². The lowest BCUT2D eigenvalue weighted by Crippen LogP contribution is -2.09. The summed E-state index contributed by atoms with van der Waals surface area (Å²) in [5.41, 5.74) is 0.679. The summed E-state index contributed by atoms with van der Waals surface area (Å²) in [6.07, 6.45) is 1.16. The molecule has 0 radical (unpaired) electrons. The van der Waals surface area contributed by atoms with Gasteiger partial charge in [-0.1, -0.05) is 23.2 Å². The summed E-state index contributed by atoms with van der Waals surface area (Å²) < 4.78 is 1.75. The Morgan fingerprint density at radius 2 is 1.94 bits per heavy atom. The van der Waals surface area contributed by atoms with E-state index in [2.05, 4.69) is 10.1 Å². The first-order chi connectivity index (χ1) is 8.60. The molecule has 1 aromatic heterocycles. The van der Waals surface area contributed by atoms with Crippen LogP contribution in [0.25, 0.3) is 0 Å². The summed E-state index contributed by atoms with van der Waals surface area (Å²) in [6.45, 7) is 2.69. The van der Waals surface area contributed by atoms with E-state index in [0.29, 0.717) is 22.0 Å². The first-order valence-corrected chi connectivity index (χ1v) is 6.36. The lowest BCUT2D eigenvalue weighted by Gasteiger charge is -2.12. The van der Waals surface area contributed by atoms with E-state index in [1.54, 1.807) is 22.9 Å². The molecule has 2 aromatic rings. The molecule has 18 heavy (non-hydrogen) atoms. The van der Waals surface area contributed by atoms with E-state index in [1.165, 1.54) is 6.33 Å². The Labute approximate surface area is 115 Å². The summed E-state index contributed by atoms with van der Waals surface area (Å²) in [6, 6.07) is 5.03. The molecular weight excluding hydrogens is 273 g/mol. The molecule has 1 aromatic carbocycles. The minimum absolute atomic E-state index is 0.379. The first kappa shape index (κ1) is 13.3. The van der Waals surface area contributed by atoms with Crippen LogP contribution in [-0.2, 0) is 13.0 Å². The van der Waals surface area contributed by atoms with Gasteiger partial charge in [-0.25, -0.2) is 4.98 Å². The molecule has 0 saturated heterocycles. The number of benzene rings is 1. The summed E-state index contributed by atoms with van der Waals surface area (Å²) in [7, 11) is 0. The maximum Gasteiger partial charge on any atom is 0.138 e. The van der Waals surface area contributed by atoms with Gasteiger partial charge in [0.25, 0.3) is 0 Å². The molecule has 0 aliphatic rings. The number of aliphatic hydroxyl groups is 1. The summed E-state index contributed by atoms with van der Waals surface area (Å²) in [5.74, 6) is 0.737. The van der Waals surface area contributed by atoms with Crippen LogP contribution in [0.4, 0.5) is 0 Å². The lowest BCUT2D eigenvalue weighted by molar-refractivity contribution is 0.174. The molecule has 1 atom stereocenters. The smallest absolute Gasteiger partial charge is 0.138 e. The maximum absolute atomic E-state index is 10.2. The predicted molar refractivity (Wildman–Crippen MR) is 70.8 cm³/mol. The number of aliphatic hydroxyl groups excluding tert-OH is 1. The molecule has 0 fully saturated rings. The standard InChI is InChI=1S/C12H13Cl2N3O/c1-2-17-12(15-7-16-17)6-11(18)8-3-9(13)5-10(14)4-8/h3-5,7,11,18H,2,6H2,1H3. The van der Waals surface area contributed by atoms with Crippen LogP contribution in [0.15, 0.2) is 24.5 Å². The fourth-order valence-electron chi connectivity index (χ4n) is 1.77. The number of nitrogens with zero attached hydrogens (tertiary/aromatic N) is 3. The van der Waals surface area contributed by atoms with E-state index in [4.69, 9.17) is 23.2 Å². The molecule has 0 spiro atoms. The van der Waals surface area contributed by atoms with E-state index < -0.39 is 6.10 Å². The van der Waals surface area contributed by atoms with Crippen molar-refractivity contribution in [2.45, 2.75) is 26.0 Å². The van der Waals surface area contributed by atoms with Gasteiger partial charge in [0.1, 0.15) is 12.2 Å². The minimum atomic E-state index is -0.698. The molecule has 0 amide bonds. The Balaban J connectivity index is 2.19. The van der Waals surface area contributed by atoms with Crippen LogP contribution < -0.4 is 0 Å². The van der Waals surface area contributed by atoms with Crippen LogP contribution in [0.1, 0.15) is 24.4 Å². The third kappa shape index (κ3) is 3.02. The maximum atomic E-state index is 10.2. The molecular formula is C12H13Cl2N3O. The van der Waals surface area contributed by atoms with Crippen molar-refractivity contribution in [1.82, 2.24) is 14.8 Å². The molecule has 6 heteroatoms. The minimum Gasteiger partial charge on any atom is -0.388 e. The van der Waals surface area contributed by atoms with Crippen molar-refractivity contribution in [2.24, 2.45) is 0 Å². The topological polar surface area (TPSA) is 50.9 Å². The number of rotatable bonds is 4. The highest BCUT2D eigenvalue weighted by molar-refractivity contribution is 6.34. The second-order valence-electron chi connectivity index (χ2n) is 3.91. The monoisotopic (exact) mass is 285 g/mol. The van der Waals surface area contributed by atoms with Crippen molar-refractivity contribution in [1.29, 1.82) is 0 Å². The number of halogens is 2. The highest BCUT2D eigenvalue weighted by Gasteiger charge is 2.14. The zero-order chi connectivity index (χ0) is 13.1.